The Bertz CT molecular complexity index is 439. The van der Waals surface area contributed by atoms with Gasteiger partial charge in [0.05, 0.1) is 18.9 Å². The van der Waals surface area contributed by atoms with E-state index in [1.54, 1.807) is 12.1 Å². The average Bonchev–Trinajstić information content (AvgIpc) is 3.06. The molecule has 0 N–H and O–H groups in total. The summed E-state index contributed by atoms with van der Waals surface area (Å²) in [6.07, 6.45) is -0.732. The van der Waals surface area contributed by atoms with Crippen molar-refractivity contribution in [2.24, 2.45) is 0 Å². The molecule has 0 radical (unpaired) electrons. The minimum absolute atomic E-state index is 0.00898. The van der Waals surface area contributed by atoms with Crippen LogP contribution < -0.4 is 0 Å². The van der Waals surface area contributed by atoms with Crippen LogP contribution in [-0.2, 0) is 16.1 Å². The Kier molecular flexibility index (Phi) is 5.27. The van der Waals surface area contributed by atoms with Crippen LogP contribution in [-0.4, -0.2) is 36.2 Å². The third-order valence-corrected chi connectivity index (χ3v) is 3.35. The average molecular weight is 305 g/mol. The van der Waals surface area contributed by atoms with Crippen LogP contribution in [0.1, 0.15) is 31.4 Å². The second-order valence-corrected chi connectivity index (χ2v) is 5.12. The summed E-state index contributed by atoms with van der Waals surface area (Å²) >= 11 is 0. The van der Waals surface area contributed by atoms with Crippen LogP contribution in [0, 0.1) is 0 Å². The molecule has 0 aromatic carbocycles. The molecule has 0 aliphatic carbocycles. The van der Waals surface area contributed by atoms with E-state index in [-0.39, 0.29) is 19.1 Å². The molecule has 1 aromatic heterocycles. The first-order chi connectivity index (χ1) is 9.94. The maximum Gasteiger partial charge on any atom is 0.406 e. The summed E-state index contributed by atoms with van der Waals surface area (Å²) in [5.74, 6) is -0.191. The Morgan fingerprint density at radius 1 is 1.43 bits per heavy atom. The first-order valence-electron chi connectivity index (χ1n) is 6.92. The molecule has 1 saturated heterocycles. The van der Waals surface area contributed by atoms with Crippen LogP contribution in [0.15, 0.2) is 22.8 Å². The number of alkyl halides is 3. The lowest BCUT2D eigenvalue weighted by molar-refractivity contribution is -0.163. The molecule has 0 spiro atoms. The van der Waals surface area contributed by atoms with Crippen molar-refractivity contribution >= 4 is 5.91 Å². The first kappa shape index (κ1) is 15.9. The van der Waals surface area contributed by atoms with Crippen molar-refractivity contribution in [2.75, 3.05) is 13.2 Å². The van der Waals surface area contributed by atoms with Gasteiger partial charge in [-0.05, 0) is 31.4 Å². The van der Waals surface area contributed by atoms with Crippen LogP contribution >= 0.6 is 0 Å². The highest BCUT2D eigenvalue weighted by molar-refractivity contribution is 5.76. The molecule has 21 heavy (non-hydrogen) atoms. The van der Waals surface area contributed by atoms with E-state index in [2.05, 4.69) is 0 Å². The van der Waals surface area contributed by atoms with Crippen LogP contribution in [0.3, 0.4) is 0 Å². The quantitative estimate of drug-likeness (QED) is 0.811. The van der Waals surface area contributed by atoms with Crippen LogP contribution in [0.5, 0.6) is 0 Å². The molecule has 1 aliphatic rings. The molecule has 2 rings (SSSR count). The Morgan fingerprint density at radius 3 is 2.81 bits per heavy atom. The van der Waals surface area contributed by atoms with Gasteiger partial charge in [-0.1, -0.05) is 0 Å². The van der Waals surface area contributed by atoms with E-state index in [1.807, 2.05) is 0 Å². The molecule has 0 bridgehead atoms. The number of carbonyl (C=O) groups excluding carboxylic acids is 1. The van der Waals surface area contributed by atoms with Crippen molar-refractivity contribution in [1.29, 1.82) is 0 Å². The summed E-state index contributed by atoms with van der Waals surface area (Å²) in [6, 6.07) is 3.13. The fourth-order valence-electron chi connectivity index (χ4n) is 2.35. The van der Waals surface area contributed by atoms with Crippen molar-refractivity contribution in [2.45, 2.75) is 44.5 Å². The fourth-order valence-corrected chi connectivity index (χ4v) is 2.35. The predicted molar refractivity (Wildman–Crippen MR) is 68.4 cm³/mol. The monoisotopic (exact) mass is 305 g/mol. The molecule has 1 unspecified atom stereocenters. The molecule has 118 valence electrons. The van der Waals surface area contributed by atoms with Gasteiger partial charge in [0.25, 0.3) is 0 Å². The second kappa shape index (κ2) is 6.98. The SMILES string of the molecule is O=C(CCC1CCCO1)N(Cc1ccco1)CC(F)(F)F. The highest BCUT2D eigenvalue weighted by atomic mass is 19.4. The zero-order valence-electron chi connectivity index (χ0n) is 11.6. The highest BCUT2D eigenvalue weighted by Gasteiger charge is 2.33. The summed E-state index contributed by atoms with van der Waals surface area (Å²) in [7, 11) is 0. The van der Waals surface area contributed by atoms with Crippen LogP contribution in [0.2, 0.25) is 0 Å². The fraction of sp³-hybridized carbons (Fsp3) is 0.643. The molecule has 1 atom stereocenters. The van der Waals surface area contributed by atoms with Crippen molar-refractivity contribution in [1.82, 2.24) is 4.90 Å². The zero-order valence-corrected chi connectivity index (χ0v) is 11.6. The Balaban J connectivity index is 1.91. The Labute approximate surface area is 120 Å². The highest BCUT2D eigenvalue weighted by Crippen LogP contribution is 2.21. The van der Waals surface area contributed by atoms with E-state index in [9.17, 15) is 18.0 Å². The van der Waals surface area contributed by atoms with E-state index < -0.39 is 18.6 Å². The number of amides is 1. The lowest BCUT2D eigenvalue weighted by atomic mass is 10.1. The molecule has 1 fully saturated rings. The topological polar surface area (TPSA) is 42.7 Å². The van der Waals surface area contributed by atoms with E-state index in [0.29, 0.717) is 18.8 Å². The largest absolute Gasteiger partial charge is 0.467 e. The standard InChI is InChI=1S/C14H18F3NO3/c15-14(16,17)10-18(9-12-4-2-8-21-12)13(19)6-5-11-3-1-7-20-11/h2,4,8,11H,1,3,5-7,9-10H2. The summed E-state index contributed by atoms with van der Waals surface area (Å²) in [6.45, 7) is -0.771. The van der Waals surface area contributed by atoms with Crippen molar-refractivity contribution in [3.8, 4) is 0 Å². The minimum atomic E-state index is -4.42. The Hall–Kier alpha value is -1.50. The number of halogens is 3. The maximum absolute atomic E-state index is 12.6. The van der Waals surface area contributed by atoms with Gasteiger partial charge in [-0.25, -0.2) is 0 Å². The number of nitrogens with zero attached hydrogens (tertiary/aromatic N) is 1. The molecule has 1 amide bonds. The van der Waals surface area contributed by atoms with Gasteiger partial charge in [-0.15, -0.1) is 0 Å². The lowest BCUT2D eigenvalue weighted by Crippen LogP contribution is -2.38. The third-order valence-electron chi connectivity index (χ3n) is 3.35. The van der Waals surface area contributed by atoms with Gasteiger partial charge in [-0.3, -0.25) is 4.79 Å². The van der Waals surface area contributed by atoms with Gasteiger partial charge < -0.3 is 14.1 Å². The van der Waals surface area contributed by atoms with E-state index in [1.165, 1.54) is 6.26 Å². The molecule has 0 saturated carbocycles. The molecular weight excluding hydrogens is 287 g/mol. The third kappa shape index (κ3) is 5.41. The van der Waals surface area contributed by atoms with E-state index >= 15 is 0 Å². The number of rotatable bonds is 6. The molecule has 7 heteroatoms. The number of hydrogen-bond acceptors (Lipinski definition) is 3. The number of hydrogen-bond donors (Lipinski definition) is 0. The second-order valence-electron chi connectivity index (χ2n) is 5.12. The van der Waals surface area contributed by atoms with Gasteiger partial charge in [0.2, 0.25) is 5.91 Å². The smallest absolute Gasteiger partial charge is 0.406 e. The summed E-state index contributed by atoms with van der Waals surface area (Å²) in [5, 5.41) is 0. The lowest BCUT2D eigenvalue weighted by Gasteiger charge is -2.23. The van der Waals surface area contributed by atoms with E-state index in [0.717, 1.165) is 17.7 Å². The van der Waals surface area contributed by atoms with Gasteiger partial charge in [0, 0.05) is 13.0 Å². The van der Waals surface area contributed by atoms with Gasteiger partial charge in [-0.2, -0.15) is 13.2 Å². The summed E-state index contributed by atoms with van der Waals surface area (Å²) in [5.41, 5.74) is 0. The molecule has 4 nitrogen and oxygen atoms in total. The van der Waals surface area contributed by atoms with Gasteiger partial charge in [0.15, 0.2) is 0 Å². The molecule has 2 heterocycles. The first-order valence-corrected chi connectivity index (χ1v) is 6.92. The van der Waals surface area contributed by atoms with Gasteiger partial charge in [0.1, 0.15) is 12.3 Å². The van der Waals surface area contributed by atoms with Gasteiger partial charge >= 0.3 is 6.18 Å². The number of furan rings is 1. The number of carbonyl (C=O) groups is 1. The number of ether oxygens (including phenoxy) is 1. The minimum Gasteiger partial charge on any atom is -0.467 e. The summed E-state index contributed by atoms with van der Waals surface area (Å²) < 4.78 is 48.2. The van der Waals surface area contributed by atoms with E-state index in [4.69, 9.17) is 9.15 Å². The van der Waals surface area contributed by atoms with Crippen LogP contribution in [0.25, 0.3) is 0 Å². The van der Waals surface area contributed by atoms with Crippen molar-refractivity contribution in [3.63, 3.8) is 0 Å². The van der Waals surface area contributed by atoms with Crippen molar-refractivity contribution < 1.29 is 27.1 Å². The normalized spacial score (nSPS) is 18.9. The zero-order chi connectivity index (χ0) is 15.3. The van der Waals surface area contributed by atoms with Crippen molar-refractivity contribution in [3.05, 3.63) is 24.2 Å². The predicted octanol–water partition coefficient (Wildman–Crippen LogP) is 3.13. The molecule has 1 aliphatic heterocycles. The molecular formula is C14H18F3NO3. The summed E-state index contributed by atoms with van der Waals surface area (Å²) in [4.78, 5) is 12.8. The van der Waals surface area contributed by atoms with Crippen LogP contribution in [0.4, 0.5) is 13.2 Å². The molecule has 1 aromatic rings. The Morgan fingerprint density at radius 2 is 2.24 bits per heavy atom. The maximum atomic E-state index is 12.6.